The second-order valence-electron chi connectivity index (χ2n) is 5.40. The lowest BCUT2D eigenvalue weighted by molar-refractivity contribution is 0.157. The van der Waals surface area contributed by atoms with Gasteiger partial charge in [-0.3, -0.25) is 4.90 Å². The van der Waals surface area contributed by atoms with Gasteiger partial charge in [-0.1, -0.05) is 44.0 Å². The van der Waals surface area contributed by atoms with E-state index in [9.17, 15) is 0 Å². The van der Waals surface area contributed by atoms with Crippen LogP contribution in [0, 0.1) is 18.3 Å². The third kappa shape index (κ3) is 2.76. The van der Waals surface area contributed by atoms with Crippen LogP contribution in [0.15, 0.2) is 24.3 Å². The molecule has 2 rings (SSSR count). The van der Waals surface area contributed by atoms with E-state index in [2.05, 4.69) is 48.9 Å². The summed E-state index contributed by atoms with van der Waals surface area (Å²) >= 11 is 0. The van der Waals surface area contributed by atoms with Crippen molar-refractivity contribution < 1.29 is 0 Å². The fourth-order valence-corrected chi connectivity index (χ4v) is 3.12. The molecule has 1 heteroatoms. The van der Waals surface area contributed by atoms with Gasteiger partial charge in [0.2, 0.25) is 0 Å². The Balaban J connectivity index is 2.17. The first-order valence-electron chi connectivity index (χ1n) is 7.00. The van der Waals surface area contributed by atoms with Crippen LogP contribution in [0.4, 0.5) is 0 Å². The first-order valence-corrected chi connectivity index (χ1v) is 7.00. The van der Waals surface area contributed by atoms with E-state index in [0.29, 0.717) is 12.0 Å². The summed E-state index contributed by atoms with van der Waals surface area (Å²) in [4.78, 5) is 2.49. The number of nitrogens with zero attached hydrogens (tertiary/aromatic N) is 1. The van der Waals surface area contributed by atoms with Crippen molar-refractivity contribution in [3.8, 4) is 12.3 Å². The minimum atomic E-state index is 0.607. The van der Waals surface area contributed by atoms with Crippen molar-refractivity contribution in [3.05, 3.63) is 35.4 Å². The molecule has 0 saturated carbocycles. The van der Waals surface area contributed by atoms with E-state index in [1.54, 1.807) is 0 Å². The van der Waals surface area contributed by atoms with E-state index in [0.717, 1.165) is 19.5 Å². The zero-order valence-electron chi connectivity index (χ0n) is 11.5. The molecule has 1 aliphatic rings. The number of hydrogen-bond acceptors (Lipinski definition) is 1. The molecule has 1 aromatic carbocycles. The highest BCUT2D eigenvalue weighted by molar-refractivity contribution is 5.31. The summed E-state index contributed by atoms with van der Waals surface area (Å²) in [6.45, 7) is 6.48. The average Bonchev–Trinajstić information content (AvgIpc) is 2.38. The Bertz CT molecular complexity index is 429. The summed E-state index contributed by atoms with van der Waals surface area (Å²) in [5.74, 6) is 3.51. The molecule has 2 atom stereocenters. The minimum Gasteiger partial charge on any atom is -0.289 e. The molecule has 0 radical (unpaired) electrons. The van der Waals surface area contributed by atoms with Crippen LogP contribution in [0.5, 0.6) is 0 Å². The SMILES string of the molecule is C#CCN(CCC)[C@H]1Cc2ccccc2C[C@@H]1C. The standard InChI is InChI=1S/C17H23N/c1-4-10-18(11-5-2)17-13-16-9-7-6-8-15(16)12-14(17)3/h1,6-9,14,17H,5,10-13H2,2-3H3/t14-,17-/m0/s1. The second kappa shape index (κ2) is 6.07. The van der Waals surface area contributed by atoms with Crippen molar-refractivity contribution in [2.24, 2.45) is 5.92 Å². The van der Waals surface area contributed by atoms with Gasteiger partial charge in [-0.05, 0) is 42.9 Å². The zero-order chi connectivity index (χ0) is 13.0. The Morgan fingerprint density at radius 2 is 1.94 bits per heavy atom. The summed E-state index contributed by atoms with van der Waals surface area (Å²) < 4.78 is 0. The highest BCUT2D eigenvalue weighted by Gasteiger charge is 2.28. The van der Waals surface area contributed by atoms with Crippen LogP contribution in [0.2, 0.25) is 0 Å². The van der Waals surface area contributed by atoms with E-state index < -0.39 is 0 Å². The number of terminal acetylenes is 1. The maximum atomic E-state index is 5.51. The molecule has 96 valence electrons. The van der Waals surface area contributed by atoms with Gasteiger partial charge in [0.05, 0.1) is 6.54 Å². The molecule has 1 aliphatic carbocycles. The van der Waals surface area contributed by atoms with Crippen LogP contribution in [0.25, 0.3) is 0 Å². The van der Waals surface area contributed by atoms with Crippen LogP contribution >= 0.6 is 0 Å². The van der Waals surface area contributed by atoms with Crippen LogP contribution in [-0.4, -0.2) is 24.0 Å². The van der Waals surface area contributed by atoms with Crippen molar-refractivity contribution in [2.75, 3.05) is 13.1 Å². The molecular formula is C17H23N. The lowest BCUT2D eigenvalue weighted by atomic mass is 9.80. The molecule has 0 heterocycles. The number of rotatable bonds is 4. The summed E-state index contributed by atoms with van der Waals surface area (Å²) in [5, 5.41) is 0. The van der Waals surface area contributed by atoms with Crippen molar-refractivity contribution >= 4 is 0 Å². The van der Waals surface area contributed by atoms with E-state index in [4.69, 9.17) is 6.42 Å². The van der Waals surface area contributed by atoms with Crippen molar-refractivity contribution in [1.29, 1.82) is 0 Å². The lowest BCUT2D eigenvalue weighted by Crippen LogP contribution is -2.44. The first kappa shape index (κ1) is 13.2. The Kier molecular flexibility index (Phi) is 4.44. The summed E-state index contributed by atoms with van der Waals surface area (Å²) in [6, 6.07) is 9.45. The predicted octanol–water partition coefficient (Wildman–Crippen LogP) is 3.14. The number of fused-ring (bicyclic) bond motifs is 1. The topological polar surface area (TPSA) is 3.24 Å². The molecule has 0 saturated heterocycles. The van der Waals surface area contributed by atoms with E-state index in [1.165, 1.54) is 24.0 Å². The Hall–Kier alpha value is -1.26. The molecule has 0 spiro atoms. The average molecular weight is 241 g/mol. The zero-order valence-corrected chi connectivity index (χ0v) is 11.5. The fraction of sp³-hybridized carbons (Fsp3) is 0.529. The van der Waals surface area contributed by atoms with Crippen molar-refractivity contribution in [2.45, 2.75) is 39.2 Å². The summed E-state index contributed by atoms with van der Waals surface area (Å²) in [5.41, 5.74) is 3.04. The van der Waals surface area contributed by atoms with Crippen LogP contribution in [0.1, 0.15) is 31.4 Å². The maximum Gasteiger partial charge on any atom is 0.0601 e. The highest BCUT2D eigenvalue weighted by Crippen LogP contribution is 2.28. The van der Waals surface area contributed by atoms with Gasteiger partial charge in [0.25, 0.3) is 0 Å². The van der Waals surface area contributed by atoms with Crippen LogP contribution < -0.4 is 0 Å². The van der Waals surface area contributed by atoms with Gasteiger partial charge in [-0.25, -0.2) is 0 Å². The van der Waals surface area contributed by atoms with E-state index in [-0.39, 0.29) is 0 Å². The van der Waals surface area contributed by atoms with Gasteiger partial charge in [0, 0.05) is 6.04 Å². The molecular weight excluding hydrogens is 218 g/mol. The van der Waals surface area contributed by atoms with E-state index in [1.807, 2.05) is 0 Å². The molecule has 0 amide bonds. The van der Waals surface area contributed by atoms with E-state index >= 15 is 0 Å². The van der Waals surface area contributed by atoms with Gasteiger partial charge in [-0.2, -0.15) is 0 Å². The normalized spacial score (nSPS) is 22.6. The van der Waals surface area contributed by atoms with Crippen molar-refractivity contribution in [3.63, 3.8) is 0 Å². The molecule has 0 N–H and O–H groups in total. The molecule has 1 aromatic rings. The maximum absolute atomic E-state index is 5.51. The molecule has 0 bridgehead atoms. The highest BCUT2D eigenvalue weighted by atomic mass is 15.2. The third-order valence-electron chi connectivity index (χ3n) is 4.02. The number of benzene rings is 1. The molecule has 1 nitrogen and oxygen atoms in total. The van der Waals surface area contributed by atoms with Gasteiger partial charge in [-0.15, -0.1) is 6.42 Å². The Morgan fingerprint density at radius 1 is 1.28 bits per heavy atom. The molecule has 0 aromatic heterocycles. The summed E-state index contributed by atoms with van der Waals surface area (Å²) in [6.07, 6.45) is 9.03. The summed E-state index contributed by atoms with van der Waals surface area (Å²) in [7, 11) is 0. The fourth-order valence-electron chi connectivity index (χ4n) is 3.12. The first-order chi connectivity index (χ1) is 8.76. The third-order valence-corrected chi connectivity index (χ3v) is 4.02. The number of hydrogen-bond donors (Lipinski definition) is 0. The molecule has 18 heavy (non-hydrogen) atoms. The van der Waals surface area contributed by atoms with Crippen molar-refractivity contribution in [1.82, 2.24) is 4.90 Å². The van der Waals surface area contributed by atoms with Crippen LogP contribution in [0.3, 0.4) is 0 Å². The molecule has 0 unspecified atom stereocenters. The quantitative estimate of drug-likeness (QED) is 0.732. The minimum absolute atomic E-state index is 0.607. The van der Waals surface area contributed by atoms with Gasteiger partial charge in [0.15, 0.2) is 0 Å². The lowest BCUT2D eigenvalue weighted by Gasteiger charge is -2.38. The monoisotopic (exact) mass is 241 g/mol. The van der Waals surface area contributed by atoms with Crippen LogP contribution in [-0.2, 0) is 12.8 Å². The van der Waals surface area contributed by atoms with Gasteiger partial charge < -0.3 is 0 Å². The Labute approximate surface area is 111 Å². The largest absolute Gasteiger partial charge is 0.289 e. The van der Waals surface area contributed by atoms with Gasteiger partial charge >= 0.3 is 0 Å². The smallest absolute Gasteiger partial charge is 0.0601 e. The Morgan fingerprint density at radius 3 is 2.56 bits per heavy atom. The second-order valence-corrected chi connectivity index (χ2v) is 5.40. The molecule has 0 fully saturated rings. The predicted molar refractivity (Wildman–Crippen MR) is 77.5 cm³/mol. The molecule has 0 aliphatic heterocycles. The van der Waals surface area contributed by atoms with Gasteiger partial charge in [0.1, 0.15) is 0 Å².